The summed E-state index contributed by atoms with van der Waals surface area (Å²) in [6.07, 6.45) is 1.15. The Morgan fingerprint density at radius 2 is 1.62 bits per heavy atom. The van der Waals surface area contributed by atoms with Gasteiger partial charge in [-0.25, -0.2) is 22.5 Å². The molecule has 3 rings (SSSR count). The average Bonchev–Trinajstić information content (AvgIpc) is 2.61. The van der Waals surface area contributed by atoms with Crippen LogP contribution in [0.25, 0.3) is 0 Å². The highest BCUT2D eigenvalue weighted by Gasteiger charge is 2.14. The minimum atomic E-state index is -0.906. The maximum atomic E-state index is 13.6. The molecule has 0 radical (unpaired) electrons. The van der Waals surface area contributed by atoms with E-state index in [1.54, 1.807) is 0 Å². The number of aromatic nitrogens is 1. The van der Waals surface area contributed by atoms with Gasteiger partial charge in [-0.2, -0.15) is 0 Å². The highest BCUT2D eigenvalue weighted by Crippen LogP contribution is 2.21. The van der Waals surface area contributed by atoms with Crippen molar-refractivity contribution in [3.8, 4) is 0 Å². The summed E-state index contributed by atoms with van der Waals surface area (Å²) in [6.45, 7) is 0. The van der Waals surface area contributed by atoms with E-state index in [-0.39, 0.29) is 17.1 Å². The van der Waals surface area contributed by atoms with E-state index in [1.165, 1.54) is 24.3 Å². The highest BCUT2D eigenvalue weighted by atomic mass is 19.1. The van der Waals surface area contributed by atoms with Crippen LogP contribution in [-0.4, -0.2) is 10.9 Å². The highest BCUT2D eigenvalue weighted by molar-refractivity contribution is 6.04. The number of halogens is 4. The van der Waals surface area contributed by atoms with E-state index in [1.807, 2.05) is 0 Å². The number of rotatable bonds is 4. The Bertz CT molecular complexity index is 941. The van der Waals surface area contributed by atoms with Crippen LogP contribution in [0.1, 0.15) is 10.4 Å². The number of nitrogens with one attached hydrogen (secondary N) is 2. The summed E-state index contributed by atoms with van der Waals surface area (Å²) in [5, 5.41) is 4.76. The normalized spacial score (nSPS) is 10.5. The molecular weight excluding hydrogens is 350 g/mol. The van der Waals surface area contributed by atoms with Crippen LogP contribution in [0.4, 0.5) is 34.8 Å². The van der Waals surface area contributed by atoms with Gasteiger partial charge in [0.15, 0.2) is 0 Å². The molecule has 0 fully saturated rings. The molecule has 2 aromatic carbocycles. The number of pyridine rings is 1. The van der Waals surface area contributed by atoms with Crippen LogP contribution >= 0.6 is 0 Å². The van der Waals surface area contributed by atoms with E-state index in [9.17, 15) is 22.4 Å². The van der Waals surface area contributed by atoms with Crippen molar-refractivity contribution < 1.29 is 22.4 Å². The summed E-state index contributed by atoms with van der Waals surface area (Å²) in [6, 6.07) is 8.91. The fourth-order valence-electron chi connectivity index (χ4n) is 2.13. The zero-order valence-electron chi connectivity index (χ0n) is 13.1. The Labute approximate surface area is 145 Å². The lowest BCUT2D eigenvalue weighted by Gasteiger charge is -2.09. The molecule has 2 N–H and O–H groups in total. The van der Waals surface area contributed by atoms with Gasteiger partial charge in [0.05, 0.1) is 11.3 Å². The van der Waals surface area contributed by atoms with Crippen molar-refractivity contribution in [1.82, 2.24) is 4.98 Å². The molecule has 0 aliphatic rings. The van der Waals surface area contributed by atoms with Gasteiger partial charge in [-0.05, 0) is 36.4 Å². The van der Waals surface area contributed by atoms with Crippen LogP contribution in [0.2, 0.25) is 0 Å². The lowest BCUT2D eigenvalue weighted by atomic mass is 10.2. The lowest BCUT2D eigenvalue weighted by molar-refractivity contribution is 0.102. The standard InChI is InChI=1S/C18H11F4N3O/c19-11-5-6-15(14(22)8-11)24-16-7-4-10(9-23-16)18(26)25-17-12(20)2-1-3-13(17)21/h1-9H,(H,23,24)(H,25,26). The van der Waals surface area contributed by atoms with E-state index in [2.05, 4.69) is 15.6 Å². The average molecular weight is 361 g/mol. The number of hydrogen-bond donors (Lipinski definition) is 2. The SMILES string of the molecule is O=C(Nc1c(F)cccc1F)c1ccc(Nc2ccc(F)cc2F)nc1. The van der Waals surface area contributed by atoms with Gasteiger partial charge < -0.3 is 10.6 Å². The number of hydrogen-bond acceptors (Lipinski definition) is 3. The zero-order chi connectivity index (χ0) is 18.7. The second kappa shape index (κ2) is 7.22. The van der Waals surface area contributed by atoms with Crippen LogP contribution in [0.5, 0.6) is 0 Å². The Morgan fingerprint density at radius 3 is 2.23 bits per heavy atom. The van der Waals surface area contributed by atoms with Gasteiger partial charge in [-0.3, -0.25) is 4.79 Å². The van der Waals surface area contributed by atoms with Crippen molar-refractivity contribution in [2.75, 3.05) is 10.6 Å². The number of anilines is 3. The van der Waals surface area contributed by atoms with Gasteiger partial charge in [-0.1, -0.05) is 6.07 Å². The largest absolute Gasteiger partial charge is 0.338 e. The van der Waals surface area contributed by atoms with Gasteiger partial charge in [0, 0.05) is 12.3 Å². The first-order chi connectivity index (χ1) is 12.4. The minimum absolute atomic E-state index is 0.00419. The Balaban J connectivity index is 1.74. The van der Waals surface area contributed by atoms with Crippen molar-refractivity contribution in [3.05, 3.63) is 83.6 Å². The second-order valence-electron chi connectivity index (χ2n) is 5.23. The first-order valence-corrected chi connectivity index (χ1v) is 7.37. The van der Waals surface area contributed by atoms with Crippen molar-refractivity contribution in [2.24, 2.45) is 0 Å². The Kier molecular flexibility index (Phi) is 4.83. The molecule has 3 aromatic rings. The third-order valence-corrected chi connectivity index (χ3v) is 3.42. The van der Waals surface area contributed by atoms with Crippen LogP contribution in [0.15, 0.2) is 54.7 Å². The summed E-state index contributed by atoms with van der Waals surface area (Å²) in [5.74, 6) is -3.89. The number of carbonyl (C=O) groups is 1. The summed E-state index contributed by atoms with van der Waals surface area (Å²) < 4.78 is 53.6. The van der Waals surface area contributed by atoms with Gasteiger partial charge in [0.25, 0.3) is 5.91 Å². The number of amides is 1. The zero-order valence-corrected chi connectivity index (χ0v) is 13.1. The quantitative estimate of drug-likeness (QED) is 0.666. The molecular formula is C18H11F4N3O. The summed E-state index contributed by atoms with van der Waals surface area (Å²) in [4.78, 5) is 16.0. The first kappa shape index (κ1) is 17.4. The van der Waals surface area contributed by atoms with Gasteiger partial charge in [-0.15, -0.1) is 0 Å². The molecule has 0 saturated carbocycles. The summed E-state index contributed by atoms with van der Waals surface area (Å²) >= 11 is 0. The van der Waals surface area contributed by atoms with Crippen LogP contribution in [-0.2, 0) is 0 Å². The van der Waals surface area contributed by atoms with Gasteiger partial charge in [0.1, 0.15) is 34.8 Å². The van der Waals surface area contributed by atoms with Gasteiger partial charge >= 0.3 is 0 Å². The molecule has 26 heavy (non-hydrogen) atoms. The summed E-state index contributed by atoms with van der Waals surface area (Å²) in [5.41, 5.74) is -0.518. The fourth-order valence-corrected chi connectivity index (χ4v) is 2.13. The van der Waals surface area contributed by atoms with Crippen molar-refractivity contribution in [3.63, 3.8) is 0 Å². The molecule has 0 bridgehead atoms. The molecule has 1 heterocycles. The molecule has 0 aliphatic carbocycles. The van der Waals surface area contributed by atoms with Crippen LogP contribution < -0.4 is 10.6 Å². The molecule has 0 unspecified atom stereocenters. The predicted octanol–water partition coefficient (Wildman–Crippen LogP) is 4.63. The molecule has 0 aliphatic heterocycles. The second-order valence-corrected chi connectivity index (χ2v) is 5.23. The summed E-state index contributed by atoms with van der Waals surface area (Å²) in [7, 11) is 0. The number of nitrogens with zero attached hydrogens (tertiary/aromatic N) is 1. The van der Waals surface area contributed by atoms with Crippen LogP contribution in [0, 0.1) is 23.3 Å². The predicted molar refractivity (Wildman–Crippen MR) is 88.2 cm³/mol. The van der Waals surface area contributed by atoms with E-state index >= 15 is 0 Å². The minimum Gasteiger partial charge on any atom is -0.338 e. The third kappa shape index (κ3) is 3.80. The maximum Gasteiger partial charge on any atom is 0.257 e. The maximum absolute atomic E-state index is 13.6. The van der Waals surface area contributed by atoms with E-state index in [0.29, 0.717) is 6.07 Å². The Morgan fingerprint density at radius 1 is 0.885 bits per heavy atom. The number of benzene rings is 2. The lowest BCUT2D eigenvalue weighted by Crippen LogP contribution is -2.14. The first-order valence-electron chi connectivity index (χ1n) is 7.37. The molecule has 8 heteroatoms. The van der Waals surface area contributed by atoms with Crippen molar-refractivity contribution in [2.45, 2.75) is 0 Å². The smallest absolute Gasteiger partial charge is 0.257 e. The number of carbonyl (C=O) groups excluding carboxylic acids is 1. The van der Waals surface area contributed by atoms with E-state index in [0.717, 1.165) is 24.4 Å². The molecule has 0 atom stereocenters. The molecule has 132 valence electrons. The molecule has 4 nitrogen and oxygen atoms in total. The fraction of sp³-hybridized carbons (Fsp3) is 0. The molecule has 1 aromatic heterocycles. The van der Waals surface area contributed by atoms with Crippen LogP contribution in [0.3, 0.4) is 0 Å². The van der Waals surface area contributed by atoms with E-state index in [4.69, 9.17) is 0 Å². The van der Waals surface area contributed by atoms with Crippen molar-refractivity contribution >= 4 is 23.1 Å². The third-order valence-electron chi connectivity index (χ3n) is 3.42. The molecule has 0 spiro atoms. The van der Waals surface area contributed by atoms with E-state index < -0.39 is 34.9 Å². The number of para-hydroxylation sites is 1. The molecule has 0 saturated heterocycles. The van der Waals surface area contributed by atoms with Crippen molar-refractivity contribution in [1.29, 1.82) is 0 Å². The van der Waals surface area contributed by atoms with Gasteiger partial charge in [0.2, 0.25) is 0 Å². The monoisotopic (exact) mass is 361 g/mol. The Hall–Kier alpha value is -3.42. The molecule has 1 amide bonds. The topological polar surface area (TPSA) is 54.0 Å².